The molecule has 160 valence electrons. The minimum atomic E-state index is -0.558. The maximum atomic E-state index is 14.8. The molecule has 0 radical (unpaired) electrons. The third-order valence-electron chi connectivity index (χ3n) is 5.25. The molecule has 0 unspecified atom stereocenters. The van der Waals surface area contributed by atoms with Crippen LogP contribution < -0.4 is 10.4 Å². The lowest BCUT2D eigenvalue weighted by atomic mass is 10.0. The zero-order valence-corrected chi connectivity index (χ0v) is 18.4. The Hall–Kier alpha value is -3.68. The van der Waals surface area contributed by atoms with Gasteiger partial charge in [0.25, 0.3) is 0 Å². The molecule has 7 nitrogen and oxygen atoms in total. The largest absolute Gasteiger partial charge is 0.496 e. The number of benzene rings is 1. The van der Waals surface area contributed by atoms with Crippen molar-refractivity contribution in [2.24, 2.45) is 7.05 Å². The number of aromatic nitrogens is 4. The van der Waals surface area contributed by atoms with Gasteiger partial charge in [-0.05, 0) is 37.1 Å². The van der Waals surface area contributed by atoms with E-state index in [0.29, 0.717) is 33.2 Å². The predicted molar refractivity (Wildman–Crippen MR) is 120 cm³/mol. The van der Waals surface area contributed by atoms with Crippen LogP contribution >= 0.6 is 0 Å². The monoisotopic (exact) mass is 421 g/mol. The van der Waals surface area contributed by atoms with Crippen molar-refractivity contribution in [3.63, 3.8) is 0 Å². The molecule has 4 aromatic rings. The fourth-order valence-electron chi connectivity index (χ4n) is 3.85. The first kappa shape index (κ1) is 20.6. The molecule has 3 aromatic heterocycles. The van der Waals surface area contributed by atoms with Gasteiger partial charge in [-0.1, -0.05) is 0 Å². The minimum Gasteiger partial charge on any atom is -0.496 e. The molecular formula is C23H24FN5O2. The lowest BCUT2D eigenvalue weighted by Gasteiger charge is -2.14. The smallest absolute Gasteiger partial charge is 0.334 e. The van der Waals surface area contributed by atoms with Crippen LogP contribution in [-0.4, -0.2) is 45.2 Å². The summed E-state index contributed by atoms with van der Waals surface area (Å²) in [6.45, 7) is 3.74. The molecule has 0 spiro atoms. The first-order valence-electron chi connectivity index (χ1n) is 9.79. The van der Waals surface area contributed by atoms with E-state index in [4.69, 9.17) is 4.74 Å². The summed E-state index contributed by atoms with van der Waals surface area (Å²) in [5.41, 5.74) is 3.90. The number of rotatable bonds is 4. The highest BCUT2D eigenvalue weighted by Crippen LogP contribution is 2.34. The lowest BCUT2D eigenvalue weighted by molar-refractivity contribution is 0.414. The standard InChI is InChI=1S/C23H24FN5O2/c1-13-7-17(24)22(26-10-13)29-21-16-8-15(14(2)12-27(3)4)20(31-6)9-18(16)25-11-19(21)28(5)23(29)30/h7-12H,1-6H3/b14-12+. The van der Waals surface area contributed by atoms with E-state index in [1.54, 1.807) is 33.5 Å². The van der Waals surface area contributed by atoms with E-state index in [0.717, 1.165) is 11.1 Å². The number of pyridine rings is 2. The van der Waals surface area contributed by atoms with Crippen LogP contribution in [0.1, 0.15) is 18.1 Å². The lowest BCUT2D eigenvalue weighted by Crippen LogP contribution is -2.22. The van der Waals surface area contributed by atoms with Crippen LogP contribution in [0.25, 0.3) is 33.3 Å². The molecular weight excluding hydrogens is 397 g/mol. The van der Waals surface area contributed by atoms with Gasteiger partial charge in [0.05, 0.1) is 29.9 Å². The Labute approximate surface area is 179 Å². The van der Waals surface area contributed by atoms with Crippen molar-refractivity contribution in [1.82, 2.24) is 24.0 Å². The SMILES string of the molecule is COc1cc2ncc3c(c2cc1/C(C)=C/N(C)C)n(-c1ncc(C)cc1F)c(=O)n3C. The number of methoxy groups -OCH3 is 1. The molecule has 0 saturated heterocycles. The van der Waals surface area contributed by atoms with Crippen molar-refractivity contribution in [3.8, 4) is 11.6 Å². The number of ether oxygens (including phenoxy) is 1. The van der Waals surface area contributed by atoms with Crippen LogP contribution in [0.5, 0.6) is 5.75 Å². The Morgan fingerprint density at radius 2 is 1.94 bits per heavy atom. The van der Waals surface area contributed by atoms with Crippen LogP contribution in [0.4, 0.5) is 4.39 Å². The molecule has 31 heavy (non-hydrogen) atoms. The molecule has 0 bridgehead atoms. The van der Waals surface area contributed by atoms with E-state index >= 15 is 0 Å². The summed E-state index contributed by atoms with van der Waals surface area (Å²) in [4.78, 5) is 23.8. The molecule has 1 aromatic carbocycles. The van der Waals surface area contributed by atoms with Gasteiger partial charge in [0.15, 0.2) is 11.6 Å². The summed E-state index contributed by atoms with van der Waals surface area (Å²) in [6.07, 6.45) is 5.14. The topological polar surface area (TPSA) is 65.2 Å². The van der Waals surface area contributed by atoms with Crippen LogP contribution in [0.2, 0.25) is 0 Å². The van der Waals surface area contributed by atoms with Gasteiger partial charge in [0, 0.05) is 50.6 Å². The van der Waals surface area contributed by atoms with Crippen LogP contribution in [0, 0.1) is 12.7 Å². The summed E-state index contributed by atoms with van der Waals surface area (Å²) < 4.78 is 23.2. The molecule has 0 atom stereocenters. The maximum Gasteiger partial charge on any atom is 0.334 e. The van der Waals surface area contributed by atoms with Gasteiger partial charge in [-0.2, -0.15) is 0 Å². The number of imidazole rings is 1. The average Bonchev–Trinajstić information content (AvgIpc) is 2.97. The molecule has 0 fully saturated rings. The van der Waals surface area contributed by atoms with Crippen LogP contribution in [0.15, 0.2) is 41.6 Å². The zero-order chi connectivity index (χ0) is 22.4. The molecule has 0 saturated carbocycles. The van der Waals surface area contributed by atoms with Crippen molar-refractivity contribution < 1.29 is 9.13 Å². The number of nitrogens with zero attached hydrogens (tertiary/aromatic N) is 5. The Morgan fingerprint density at radius 3 is 2.58 bits per heavy atom. The summed E-state index contributed by atoms with van der Waals surface area (Å²) >= 11 is 0. The van der Waals surface area contributed by atoms with Crippen molar-refractivity contribution in [2.45, 2.75) is 13.8 Å². The van der Waals surface area contributed by atoms with Crippen molar-refractivity contribution in [1.29, 1.82) is 0 Å². The second-order valence-corrected chi connectivity index (χ2v) is 7.83. The predicted octanol–water partition coefficient (Wildman–Crippen LogP) is 3.65. The van der Waals surface area contributed by atoms with E-state index in [1.165, 1.54) is 15.2 Å². The van der Waals surface area contributed by atoms with Crippen molar-refractivity contribution in [2.75, 3.05) is 21.2 Å². The average molecular weight is 421 g/mol. The molecule has 0 amide bonds. The van der Waals surface area contributed by atoms with Crippen molar-refractivity contribution in [3.05, 3.63) is 64.2 Å². The Kier molecular flexibility index (Phi) is 5.00. The molecule has 4 rings (SSSR count). The molecule has 3 heterocycles. The second kappa shape index (κ2) is 7.54. The van der Waals surface area contributed by atoms with Gasteiger partial charge < -0.3 is 9.64 Å². The highest BCUT2D eigenvalue weighted by atomic mass is 19.1. The van der Waals surface area contributed by atoms with E-state index in [2.05, 4.69) is 9.97 Å². The van der Waals surface area contributed by atoms with Crippen molar-refractivity contribution >= 4 is 27.5 Å². The number of hydrogen-bond acceptors (Lipinski definition) is 5. The number of aryl methyl sites for hydroxylation is 2. The molecule has 0 aliphatic carbocycles. The Balaban J connectivity index is 2.16. The van der Waals surface area contributed by atoms with Crippen LogP contribution in [-0.2, 0) is 7.05 Å². The van der Waals surface area contributed by atoms with Gasteiger partial charge in [0.1, 0.15) is 5.75 Å². The Morgan fingerprint density at radius 1 is 1.19 bits per heavy atom. The highest BCUT2D eigenvalue weighted by molar-refractivity contribution is 6.05. The number of allylic oxidation sites excluding steroid dienone is 1. The van der Waals surface area contributed by atoms with Crippen LogP contribution in [0.3, 0.4) is 0 Å². The molecule has 8 heteroatoms. The maximum absolute atomic E-state index is 14.8. The molecule has 0 aliphatic rings. The number of halogens is 1. The summed E-state index contributed by atoms with van der Waals surface area (Å²) in [5, 5.41) is 0.708. The van der Waals surface area contributed by atoms with E-state index in [1.807, 2.05) is 44.3 Å². The molecule has 0 aliphatic heterocycles. The van der Waals surface area contributed by atoms with E-state index in [-0.39, 0.29) is 5.82 Å². The fraction of sp³-hybridized carbons (Fsp3) is 0.261. The first-order valence-corrected chi connectivity index (χ1v) is 9.79. The minimum absolute atomic E-state index is 0.0355. The van der Waals surface area contributed by atoms with Gasteiger partial charge in [-0.3, -0.25) is 9.55 Å². The molecule has 0 N–H and O–H groups in total. The summed E-state index contributed by atoms with van der Waals surface area (Å²) in [6, 6.07) is 5.13. The van der Waals surface area contributed by atoms with Gasteiger partial charge in [-0.15, -0.1) is 0 Å². The fourth-order valence-corrected chi connectivity index (χ4v) is 3.85. The third kappa shape index (κ3) is 3.34. The van der Waals surface area contributed by atoms with Gasteiger partial charge in [0.2, 0.25) is 0 Å². The van der Waals surface area contributed by atoms with Gasteiger partial charge >= 0.3 is 5.69 Å². The highest BCUT2D eigenvalue weighted by Gasteiger charge is 2.21. The van der Waals surface area contributed by atoms with E-state index in [9.17, 15) is 9.18 Å². The van der Waals surface area contributed by atoms with Gasteiger partial charge in [-0.25, -0.2) is 18.7 Å². The first-order chi connectivity index (χ1) is 14.7. The number of hydrogen-bond donors (Lipinski definition) is 0. The van der Waals surface area contributed by atoms with E-state index < -0.39 is 11.5 Å². The third-order valence-corrected chi connectivity index (χ3v) is 5.25. The summed E-state index contributed by atoms with van der Waals surface area (Å²) in [7, 11) is 7.13. The normalized spacial score (nSPS) is 12.0. The summed E-state index contributed by atoms with van der Waals surface area (Å²) in [5.74, 6) is 0.0722. The zero-order valence-electron chi connectivity index (χ0n) is 18.4. The second-order valence-electron chi connectivity index (χ2n) is 7.83. The number of fused-ring (bicyclic) bond motifs is 3. The quantitative estimate of drug-likeness (QED) is 0.503. The Bertz CT molecular complexity index is 1420.